The standard InChI is InChI=1S/C20H17Cl2F2N5O7S/c1-35-8-20(2-3-20)28-37(33,34)13-6-14(25-7-12(13)30)36-16-10(21)4-9(5-11(16)22)29-19(32)26-18(31)15(27-29)17(23)24/h4-7,17,28,30H,2-3,8H2,1H3,(H,26,31,32). The molecule has 2 aromatic heterocycles. The second kappa shape index (κ2) is 9.98. The Kier molecular flexibility index (Phi) is 7.27. The molecule has 17 heteroatoms. The molecule has 3 N–H and O–H groups in total. The third-order valence-corrected chi connectivity index (χ3v) is 7.40. The van der Waals surface area contributed by atoms with Crippen LogP contribution in [0.15, 0.2) is 38.9 Å². The molecule has 198 valence electrons. The van der Waals surface area contributed by atoms with Crippen LogP contribution in [0.3, 0.4) is 0 Å². The maximum atomic E-state index is 13.0. The molecular formula is C20H17Cl2F2N5O7S. The molecule has 0 aliphatic heterocycles. The lowest BCUT2D eigenvalue weighted by Gasteiger charge is -2.17. The molecule has 2 heterocycles. The normalized spacial score (nSPS) is 14.6. The van der Waals surface area contributed by atoms with E-state index in [1.165, 1.54) is 7.11 Å². The number of aromatic nitrogens is 4. The number of rotatable bonds is 9. The molecule has 0 atom stereocenters. The highest BCUT2D eigenvalue weighted by molar-refractivity contribution is 7.89. The smallest absolute Gasteiger partial charge is 0.349 e. The zero-order valence-electron chi connectivity index (χ0n) is 18.7. The van der Waals surface area contributed by atoms with Crippen molar-refractivity contribution < 1.29 is 31.8 Å². The predicted molar refractivity (Wildman–Crippen MR) is 126 cm³/mol. The summed E-state index contributed by atoms with van der Waals surface area (Å²) in [5.41, 5.74) is -4.61. The number of nitrogens with one attached hydrogen (secondary N) is 2. The summed E-state index contributed by atoms with van der Waals surface area (Å²) in [6.07, 6.45) is -1.29. The van der Waals surface area contributed by atoms with Gasteiger partial charge in [0.25, 0.3) is 12.0 Å². The van der Waals surface area contributed by atoms with Gasteiger partial charge in [0.05, 0.1) is 34.1 Å². The van der Waals surface area contributed by atoms with Crippen LogP contribution in [-0.2, 0) is 14.8 Å². The molecule has 0 bridgehead atoms. The van der Waals surface area contributed by atoms with E-state index in [0.29, 0.717) is 17.5 Å². The Morgan fingerprint density at radius 1 is 1.24 bits per heavy atom. The van der Waals surface area contributed by atoms with Crippen molar-refractivity contribution in [3.05, 3.63) is 61.0 Å². The van der Waals surface area contributed by atoms with Crippen molar-refractivity contribution in [2.45, 2.75) is 29.7 Å². The van der Waals surface area contributed by atoms with Gasteiger partial charge >= 0.3 is 5.69 Å². The van der Waals surface area contributed by atoms with E-state index in [2.05, 4.69) is 14.8 Å². The molecule has 0 saturated heterocycles. The number of benzene rings is 1. The average Bonchev–Trinajstić information content (AvgIpc) is 3.55. The molecule has 1 aliphatic rings. The fourth-order valence-corrected chi connectivity index (χ4v) is 5.41. The van der Waals surface area contributed by atoms with Crippen LogP contribution in [0, 0.1) is 0 Å². The number of ether oxygens (including phenoxy) is 2. The molecule has 1 aliphatic carbocycles. The zero-order chi connectivity index (χ0) is 27.1. The minimum atomic E-state index is -4.21. The Labute approximate surface area is 216 Å². The summed E-state index contributed by atoms with van der Waals surface area (Å²) >= 11 is 12.4. The van der Waals surface area contributed by atoms with Gasteiger partial charge in [0, 0.05) is 13.2 Å². The number of sulfonamides is 1. The van der Waals surface area contributed by atoms with Crippen molar-refractivity contribution >= 4 is 33.2 Å². The first-order chi connectivity index (χ1) is 17.4. The number of methoxy groups -OCH3 is 1. The molecule has 0 amide bonds. The largest absolute Gasteiger partial charge is 0.505 e. The molecule has 1 fully saturated rings. The minimum Gasteiger partial charge on any atom is -0.505 e. The van der Waals surface area contributed by atoms with Crippen LogP contribution >= 0.6 is 23.2 Å². The van der Waals surface area contributed by atoms with Crippen LogP contribution in [0.2, 0.25) is 10.0 Å². The van der Waals surface area contributed by atoms with Gasteiger partial charge in [0.15, 0.2) is 17.2 Å². The van der Waals surface area contributed by atoms with Gasteiger partial charge in [-0.3, -0.25) is 9.78 Å². The SMILES string of the molecule is COCC1(NS(=O)(=O)c2cc(Oc3c(Cl)cc(-n4nc(C(F)F)c(=O)[nH]c4=O)cc3Cl)ncc2O)CC1. The second-order valence-corrected chi connectivity index (χ2v) is 10.5. The monoisotopic (exact) mass is 579 g/mol. The quantitative estimate of drug-likeness (QED) is 0.345. The summed E-state index contributed by atoms with van der Waals surface area (Å²) in [6.45, 7) is 0.144. The summed E-state index contributed by atoms with van der Waals surface area (Å²) in [5, 5.41) is 13.0. The Bertz CT molecular complexity index is 1570. The molecular weight excluding hydrogens is 563 g/mol. The molecule has 12 nitrogen and oxygen atoms in total. The van der Waals surface area contributed by atoms with Crippen molar-refractivity contribution in [1.82, 2.24) is 24.5 Å². The zero-order valence-corrected chi connectivity index (χ0v) is 21.0. The number of aromatic hydroxyl groups is 1. The van der Waals surface area contributed by atoms with Crippen molar-refractivity contribution in [2.75, 3.05) is 13.7 Å². The van der Waals surface area contributed by atoms with E-state index >= 15 is 0 Å². The topological polar surface area (TPSA) is 165 Å². The fourth-order valence-electron chi connectivity index (χ4n) is 3.33. The lowest BCUT2D eigenvalue weighted by Crippen LogP contribution is -2.40. The summed E-state index contributed by atoms with van der Waals surface area (Å²) in [4.78, 5) is 28.6. The van der Waals surface area contributed by atoms with Gasteiger partial charge in [-0.1, -0.05) is 23.2 Å². The number of aromatic amines is 1. The molecule has 0 spiro atoms. The van der Waals surface area contributed by atoms with Gasteiger partial charge in [-0.15, -0.1) is 0 Å². The lowest BCUT2D eigenvalue weighted by atomic mass is 10.3. The van der Waals surface area contributed by atoms with E-state index in [9.17, 15) is 31.9 Å². The highest BCUT2D eigenvalue weighted by atomic mass is 35.5. The van der Waals surface area contributed by atoms with Gasteiger partial charge in [0.1, 0.15) is 4.90 Å². The number of halogens is 4. The molecule has 1 aromatic carbocycles. The summed E-state index contributed by atoms with van der Waals surface area (Å²) in [5.74, 6) is -1.18. The molecule has 0 radical (unpaired) electrons. The Morgan fingerprint density at radius 2 is 1.89 bits per heavy atom. The fraction of sp³-hybridized carbons (Fsp3) is 0.300. The second-order valence-electron chi connectivity index (χ2n) is 8.01. The number of H-pyrrole nitrogens is 1. The summed E-state index contributed by atoms with van der Waals surface area (Å²) in [6, 6.07) is 3.13. The first-order valence-electron chi connectivity index (χ1n) is 10.3. The maximum Gasteiger partial charge on any atom is 0.349 e. The highest BCUT2D eigenvalue weighted by Gasteiger charge is 2.46. The van der Waals surface area contributed by atoms with E-state index in [0.717, 1.165) is 24.4 Å². The van der Waals surface area contributed by atoms with Crippen molar-refractivity contribution in [2.24, 2.45) is 0 Å². The van der Waals surface area contributed by atoms with Crippen molar-refractivity contribution in [3.8, 4) is 23.1 Å². The van der Waals surface area contributed by atoms with Crippen LogP contribution in [0.4, 0.5) is 8.78 Å². The molecule has 3 aromatic rings. The average molecular weight is 580 g/mol. The number of pyridine rings is 1. The Morgan fingerprint density at radius 3 is 2.46 bits per heavy atom. The summed E-state index contributed by atoms with van der Waals surface area (Å²) in [7, 11) is -2.77. The van der Waals surface area contributed by atoms with Crippen molar-refractivity contribution in [3.63, 3.8) is 0 Å². The Balaban J connectivity index is 1.66. The third kappa shape index (κ3) is 5.60. The van der Waals surface area contributed by atoms with Crippen LogP contribution in [0.25, 0.3) is 5.69 Å². The van der Waals surface area contributed by atoms with E-state index in [1.54, 1.807) is 4.98 Å². The number of hydrogen-bond acceptors (Lipinski definition) is 9. The first kappa shape index (κ1) is 26.9. The first-order valence-corrected chi connectivity index (χ1v) is 12.5. The minimum absolute atomic E-state index is 0.144. The number of alkyl halides is 2. The van der Waals surface area contributed by atoms with Crippen LogP contribution in [0.5, 0.6) is 17.4 Å². The van der Waals surface area contributed by atoms with E-state index in [4.69, 9.17) is 32.7 Å². The highest BCUT2D eigenvalue weighted by Crippen LogP contribution is 2.40. The van der Waals surface area contributed by atoms with Gasteiger partial charge in [-0.2, -0.15) is 9.78 Å². The number of nitrogens with zero attached hydrogens (tertiary/aromatic N) is 3. The van der Waals surface area contributed by atoms with Gasteiger partial charge in [0.2, 0.25) is 15.9 Å². The van der Waals surface area contributed by atoms with Gasteiger partial charge in [-0.25, -0.2) is 31.7 Å². The third-order valence-electron chi connectivity index (χ3n) is 5.23. The lowest BCUT2D eigenvalue weighted by molar-refractivity contribution is 0.141. The van der Waals surface area contributed by atoms with Crippen LogP contribution < -0.4 is 20.7 Å². The van der Waals surface area contributed by atoms with E-state index < -0.39 is 49.6 Å². The van der Waals surface area contributed by atoms with Gasteiger partial charge in [-0.05, 0) is 25.0 Å². The van der Waals surface area contributed by atoms with Crippen molar-refractivity contribution in [1.29, 1.82) is 0 Å². The van der Waals surface area contributed by atoms with E-state index in [-0.39, 0.29) is 34.0 Å². The molecule has 0 unspecified atom stereocenters. The Hall–Kier alpha value is -3.11. The van der Waals surface area contributed by atoms with Crippen LogP contribution in [0.1, 0.15) is 25.0 Å². The van der Waals surface area contributed by atoms with Crippen LogP contribution in [-0.4, -0.2) is 52.5 Å². The maximum absolute atomic E-state index is 13.0. The molecule has 1 saturated carbocycles. The summed E-state index contributed by atoms with van der Waals surface area (Å²) < 4.78 is 65.4. The number of hydrogen-bond donors (Lipinski definition) is 3. The van der Waals surface area contributed by atoms with Gasteiger partial charge < -0.3 is 14.6 Å². The molecule has 37 heavy (non-hydrogen) atoms. The predicted octanol–water partition coefficient (Wildman–Crippen LogP) is 2.52. The van der Waals surface area contributed by atoms with E-state index in [1.807, 2.05) is 0 Å². The molecule has 4 rings (SSSR count).